The molecule has 0 aliphatic heterocycles. The summed E-state index contributed by atoms with van der Waals surface area (Å²) in [6.07, 6.45) is -1.05. The normalized spacial score (nSPS) is 12.5. The lowest BCUT2D eigenvalue weighted by Crippen LogP contribution is -2.24. The van der Waals surface area contributed by atoms with E-state index in [4.69, 9.17) is 16.3 Å². The highest BCUT2D eigenvalue weighted by Gasteiger charge is 2.27. The Morgan fingerprint density at radius 2 is 1.81 bits per heavy atom. The molecule has 2 aromatic carbocycles. The Kier molecular flexibility index (Phi) is 6.48. The van der Waals surface area contributed by atoms with Crippen molar-refractivity contribution in [3.8, 4) is 5.69 Å². The maximum atomic E-state index is 10.9. The maximum absolute atomic E-state index is 10.9. The molecule has 1 unspecified atom stereocenters. The van der Waals surface area contributed by atoms with Gasteiger partial charge >= 0.3 is 0 Å². The number of ether oxygens (including phenoxy) is 1. The number of benzene rings is 2. The molecular weight excluding hydrogens is 428 g/mol. The van der Waals surface area contributed by atoms with Gasteiger partial charge in [-0.1, -0.05) is 29.8 Å². The van der Waals surface area contributed by atoms with Gasteiger partial charge in [0.15, 0.2) is 6.29 Å². The van der Waals surface area contributed by atoms with Gasteiger partial charge in [-0.15, -0.1) is 0 Å². The Balaban J connectivity index is 2.46. The van der Waals surface area contributed by atoms with E-state index in [2.05, 4.69) is 34.7 Å². The van der Waals surface area contributed by atoms with Gasteiger partial charge < -0.3 is 19.3 Å². The Morgan fingerprint density at radius 3 is 2.41 bits per heavy atom. The summed E-state index contributed by atoms with van der Waals surface area (Å²) in [5.41, 5.74) is 3.58. The molecule has 0 fully saturated rings. The number of para-hydroxylation sites is 1. The molecule has 0 spiro atoms. The lowest BCUT2D eigenvalue weighted by Gasteiger charge is -2.25. The highest BCUT2D eigenvalue weighted by molar-refractivity contribution is 9.10. The van der Waals surface area contributed by atoms with Crippen LogP contribution in [-0.2, 0) is 4.74 Å². The number of aliphatic hydroxyl groups excluding tert-OH is 1. The number of nitrogens with zero attached hydrogens (tertiary/aromatic N) is 2. The first-order valence-electron chi connectivity index (χ1n) is 9.16. The van der Waals surface area contributed by atoms with Crippen LogP contribution in [-0.4, -0.2) is 29.4 Å². The van der Waals surface area contributed by atoms with Crippen molar-refractivity contribution in [1.29, 1.82) is 0 Å². The molecule has 0 amide bonds. The van der Waals surface area contributed by atoms with Crippen LogP contribution in [0.2, 0.25) is 5.02 Å². The van der Waals surface area contributed by atoms with E-state index in [1.807, 2.05) is 54.0 Å². The van der Waals surface area contributed by atoms with Crippen LogP contribution in [0.25, 0.3) is 16.6 Å². The zero-order valence-corrected chi connectivity index (χ0v) is 18.1. The first-order chi connectivity index (χ1) is 13.0. The standard InChI is InChI=1S/C21H24BrClN2O2/c1-4-24(5-2)19-15-12-16(22)17(23)13-18(15)25(14-10-8-7-9-11-14)20(19)21(26)27-6-3/h7-13,21,26H,4-6H2,1-3H3. The molecule has 144 valence electrons. The molecule has 0 bridgehead atoms. The molecule has 3 rings (SSSR count). The van der Waals surface area contributed by atoms with Crippen LogP contribution in [0, 0.1) is 0 Å². The summed E-state index contributed by atoms with van der Waals surface area (Å²) in [5, 5.41) is 12.6. The Hall–Kier alpha value is -1.53. The zero-order chi connectivity index (χ0) is 19.6. The number of fused-ring (bicyclic) bond motifs is 1. The highest BCUT2D eigenvalue weighted by atomic mass is 79.9. The van der Waals surface area contributed by atoms with E-state index >= 15 is 0 Å². The third kappa shape index (κ3) is 3.74. The lowest BCUT2D eigenvalue weighted by atomic mass is 10.2. The second kappa shape index (κ2) is 8.65. The third-order valence-electron chi connectivity index (χ3n) is 4.67. The average Bonchev–Trinajstić information content (AvgIpc) is 2.98. The minimum absolute atomic E-state index is 0.416. The number of hydrogen-bond donors (Lipinski definition) is 1. The van der Waals surface area contributed by atoms with Crippen LogP contribution in [0.3, 0.4) is 0 Å². The van der Waals surface area contributed by atoms with Crippen molar-refractivity contribution in [2.45, 2.75) is 27.1 Å². The van der Waals surface area contributed by atoms with Gasteiger partial charge in [-0.3, -0.25) is 0 Å². The summed E-state index contributed by atoms with van der Waals surface area (Å²) in [7, 11) is 0. The molecule has 1 aromatic heterocycles. The van der Waals surface area contributed by atoms with Crippen molar-refractivity contribution in [2.75, 3.05) is 24.6 Å². The quantitative estimate of drug-likeness (QED) is 0.453. The molecule has 0 saturated heterocycles. The largest absolute Gasteiger partial charge is 0.370 e. The molecule has 0 radical (unpaired) electrons. The molecule has 4 nitrogen and oxygen atoms in total. The van der Waals surface area contributed by atoms with Crippen molar-refractivity contribution in [1.82, 2.24) is 4.57 Å². The number of aromatic nitrogens is 1. The Labute approximate surface area is 173 Å². The predicted octanol–water partition coefficient (Wildman–Crippen LogP) is 5.92. The lowest BCUT2D eigenvalue weighted by molar-refractivity contribution is -0.101. The Morgan fingerprint density at radius 1 is 1.15 bits per heavy atom. The minimum atomic E-state index is -1.05. The van der Waals surface area contributed by atoms with Crippen molar-refractivity contribution in [2.24, 2.45) is 0 Å². The van der Waals surface area contributed by atoms with Crippen molar-refractivity contribution >= 4 is 44.1 Å². The van der Waals surface area contributed by atoms with Crippen LogP contribution in [0.1, 0.15) is 32.8 Å². The SMILES string of the molecule is CCOC(O)c1c(N(CC)CC)c2cc(Br)c(Cl)cc2n1-c1ccccc1. The van der Waals surface area contributed by atoms with Crippen LogP contribution in [0.4, 0.5) is 5.69 Å². The molecule has 1 N–H and O–H groups in total. The third-order valence-corrected chi connectivity index (χ3v) is 5.87. The van der Waals surface area contributed by atoms with E-state index in [1.54, 1.807) is 0 Å². The molecule has 0 aliphatic rings. The molecule has 0 aliphatic carbocycles. The molecule has 27 heavy (non-hydrogen) atoms. The van der Waals surface area contributed by atoms with Gasteiger partial charge in [0.1, 0.15) is 5.69 Å². The first-order valence-corrected chi connectivity index (χ1v) is 10.3. The number of halogens is 2. The molecule has 6 heteroatoms. The van der Waals surface area contributed by atoms with Gasteiger partial charge in [-0.05, 0) is 61.0 Å². The Bertz CT molecular complexity index is 923. The van der Waals surface area contributed by atoms with E-state index < -0.39 is 6.29 Å². The second-order valence-corrected chi connectivity index (χ2v) is 7.43. The van der Waals surface area contributed by atoms with Gasteiger partial charge in [-0.2, -0.15) is 0 Å². The fourth-order valence-electron chi connectivity index (χ4n) is 3.48. The van der Waals surface area contributed by atoms with Gasteiger partial charge in [0, 0.05) is 35.2 Å². The zero-order valence-electron chi connectivity index (χ0n) is 15.7. The van der Waals surface area contributed by atoms with E-state index in [-0.39, 0.29) is 0 Å². The van der Waals surface area contributed by atoms with Crippen LogP contribution >= 0.6 is 27.5 Å². The van der Waals surface area contributed by atoms with Gasteiger partial charge in [-0.25, -0.2) is 0 Å². The van der Waals surface area contributed by atoms with Gasteiger partial charge in [0.2, 0.25) is 0 Å². The minimum Gasteiger partial charge on any atom is -0.370 e. The van der Waals surface area contributed by atoms with Crippen molar-refractivity contribution in [3.63, 3.8) is 0 Å². The van der Waals surface area contributed by atoms with Crippen LogP contribution < -0.4 is 4.90 Å². The second-order valence-electron chi connectivity index (χ2n) is 6.17. The van der Waals surface area contributed by atoms with E-state index in [0.717, 1.165) is 45.5 Å². The van der Waals surface area contributed by atoms with Crippen molar-refractivity contribution in [3.05, 3.63) is 57.7 Å². The smallest absolute Gasteiger partial charge is 0.199 e. The number of rotatable bonds is 7. The number of anilines is 1. The predicted molar refractivity (Wildman–Crippen MR) is 116 cm³/mol. The summed E-state index contributed by atoms with van der Waals surface area (Å²) < 4.78 is 8.49. The van der Waals surface area contributed by atoms with Gasteiger partial charge in [0.25, 0.3) is 0 Å². The summed E-state index contributed by atoms with van der Waals surface area (Å²) in [4.78, 5) is 2.24. The average molecular weight is 452 g/mol. The van der Waals surface area contributed by atoms with E-state index in [9.17, 15) is 5.11 Å². The maximum Gasteiger partial charge on any atom is 0.199 e. The molecule has 1 heterocycles. The number of aliphatic hydroxyl groups is 1. The van der Waals surface area contributed by atoms with Gasteiger partial charge in [0.05, 0.1) is 16.2 Å². The summed E-state index contributed by atoms with van der Waals surface area (Å²) in [5.74, 6) is 0. The summed E-state index contributed by atoms with van der Waals surface area (Å²) in [6.45, 7) is 8.14. The summed E-state index contributed by atoms with van der Waals surface area (Å²) >= 11 is 9.98. The fraction of sp³-hybridized carbons (Fsp3) is 0.333. The summed E-state index contributed by atoms with van der Waals surface area (Å²) in [6, 6.07) is 13.9. The number of hydrogen-bond acceptors (Lipinski definition) is 3. The van der Waals surface area contributed by atoms with E-state index in [0.29, 0.717) is 11.6 Å². The van der Waals surface area contributed by atoms with Crippen LogP contribution in [0.15, 0.2) is 46.9 Å². The topological polar surface area (TPSA) is 37.6 Å². The monoisotopic (exact) mass is 450 g/mol. The highest BCUT2D eigenvalue weighted by Crippen LogP contribution is 2.42. The van der Waals surface area contributed by atoms with Crippen molar-refractivity contribution < 1.29 is 9.84 Å². The van der Waals surface area contributed by atoms with E-state index in [1.165, 1.54) is 0 Å². The molecular formula is C21H24BrClN2O2. The molecule has 3 aromatic rings. The fourth-order valence-corrected chi connectivity index (χ4v) is 3.98. The van der Waals surface area contributed by atoms with Crippen LogP contribution in [0.5, 0.6) is 0 Å². The molecule has 1 atom stereocenters. The molecule has 0 saturated carbocycles. The first kappa shape index (κ1) is 20.2.